The second-order valence-electron chi connectivity index (χ2n) is 7.00. The zero-order chi connectivity index (χ0) is 17.7. The van der Waals surface area contributed by atoms with Gasteiger partial charge in [0.15, 0.2) is 0 Å². The number of likely N-dealkylation sites (tertiary alicyclic amines) is 1. The summed E-state index contributed by atoms with van der Waals surface area (Å²) in [5.41, 5.74) is 3.86. The third-order valence-electron chi connectivity index (χ3n) is 5.47. The van der Waals surface area contributed by atoms with Crippen LogP contribution in [0.15, 0.2) is 41.4 Å². The van der Waals surface area contributed by atoms with Crippen LogP contribution in [0.2, 0.25) is 0 Å². The SMILES string of the molecule is Cc1ncsc1CN1C[C@@H]2[C@H](C1)n1cccc1C(=O)N2Cc1cccs1. The van der Waals surface area contributed by atoms with Gasteiger partial charge in [-0.2, -0.15) is 0 Å². The van der Waals surface area contributed by atoms with Gasteiger partial charge in [-0.1, -0.05) is 6.07 Å². The smallest absolute Gasteiger partial charge is 0.271 e. The van der Waals surface area contributed by atoms with Gasteiger partial charge >= 0.3 is 0 Å². The molecule has 5 rings (SSSR count). The van der Waals surface area contributed by atoms with Gasteiger partial charge in [0, 0.05) is 35.6 Å². The molecule has 1 saturated heterocycles. The van der Waals surface area contributed by atoms with Crippen molar-refractivity contribution in [3.63, 3.8) is 0 Å². The van der Waals surface area contributed by atoms with Gasteiger partial charge in [-0.15, -0.1) is 22.7 Å². The van der Waals surface area contributed by atoms with Gasteiger partial charge in [0.1, 0.15) is 5.69 Å². The number of amides is 1. The van der Waals surface area contributed by atoms with Gasteiger partial charge in [-0.3, -0.25) is 9.69 Å². The van der Waals surface area contributed by atoms with Crippen molar-refractivity contribution >= 4 is 28.6 Å². The van der Waals surface area contributed by atoms with Crippen molar-refractivity contribution < 1.29 is 4.79 Å². The van der Waals surface area contributed by atoms with E-state index in [1.807, 2.05) is 17.6 Å². The number of carbonyl (C=O) groups is 1. The van der Waals surface area contributed by atoms with Crippen LogP contribution in [0.3, 0.4) is 0 Å². The fraction of sp³-hybridized carbons (Fsp3) is 0.368. The highest BCUT2D eigenvalue weighted by atomic mass is 32.1. The van der Waals surface area contributed by atoms with Crippen LogP contribution in [-0.4, -0.2) is 44.4 Å². The van der Waals surface area contributed by atoms with Gasteiger partial charge in [0.2, 0.25) is 0 Å². The molecule has 26 heavy (non-hydrogen) atoms. The predicted molar refractivity (Wildman–Crippen MR) is 104 cm³/mol. The molecule has 134 valence electrons. The van der Waals surface area contributed by atoms with Crippen LogP contribution < -0.4 is 0 Å². The van der Waals surface area contributed by atoms with Crippen molar-refractivity contribution in [3.8, 4) is 0 Å². The van der Waals surface area contributed by atoms with Crippen LogP contribution in [-0.2, 0) is 13.1 Å². The average molecular weight is 385 g/mol. The number of hydrogen-bond acceptors (Lipinski definition) is 5. The number of rotatable bonds is 4. The number of fused-ring (bicyclic) bond motifs is 3. The highest BCUT2D eigenvalue weighted by molar-refractivity contribution is 7.10. The normalized spacial score (nSPS) is 22.7. The Bertz CT molecular complexity index is 929. The third-order valence-corrected chi connectivity index (χ3v) is 7.25. The molecule has 0 radical (unpaired) electrons. The highest BCUT2D eigenvalue weighted by Gasteiger charge is 2.45. The summed E-state index contributed by atoms with van der Waals surface area (Å²) in [5.74, 6) is 0.153. The fourth-order valence-electron chi connectivity index (χ4n) is 4.16. The van der Waals surface area contributed by atoms with E-state index in [1.54, 1.807) is 22.7 Å². The lowest BCUT2D eigenvalue weighted by molar-refractivity contribution is 0.0559. The molecule has 0 N–H and O–H groups in total. The molecule has 1 fully saturated rings. The molecule has 2 aliphatic heterocycles. The van der Waals surface area contributed by atoms with Crippen LogP contribution in [0, 0.1) is 6.92 Å². The summed E-state index contributed by atoms with van der Waals surface area (Å²) >= 11 is 3.45. The summed E-state index contributed by atoms with van der Waals surface area (Å²) in [6.07, 6.45) is 2.06. The molecular weight excluding hydrogens is 364 g/mol. The molecule has 5 nitrogen and oxygen atoms in total. The second kappa shape index (κ2) is 6.33. The van der Waals surface area contributed by atoms with Gasteiger partial charge in [0.05, 0.1) is 29.8 Å². The quantitative estimate of drug-likeness (QED) is 0.692. The van der Waals surface area contributed by atoms with E-state index in [2.05, 4.69) is 50.0 Å². The van der Waals surface area contributed by atoms with Crippen LogP contribution >= 0.6 is 22.7 Å². The maximum absolute atomic E-state index is 13.1. The lowest BCUT2D eigenvalue weighted by atomic mass is 10.1. The Hall–Kier alpha value is -1.96. The Labute approximate surface area is 160 Å². The van der Waals surface area contributed by atoms with Crippen LogP contribution in [0.5, 0.6) is 0 Å². The number of carbonyl (C=O) groups excluding carboxylic acids is 1. The van der Waals surface area contributed by atoms with E-state index < -0.39 is 0 Å². The molecule has 3 aromatic heterocycles. The van der Waals surface area contributed by atoms with E-state index in [9.17, 15) is 4.79 Å². The zero-order valence-corrected chi connectivity index (χ0v) is 16.2. The molecule has 0 aromatic carbocycles. The standard InChI is InChI=1S/C19H20N4OS2/c1-13-18(26-12-20-13)11-21-9-16-17(10-21)23(8-14-4-3-7-25-14)19(24)15-5-2-6-22(15)16/h2-7,12,16-17H,8-11H2,1H3/t16-,17+/m0/s1. The summed E-state index contributed by atoms with van der Waals surface area (Å²) in [6, 6.07) is 8.67. The first-order chi connectivity index (χ1) is 12.7. The number of aryl methyl sites for hydroxylation is 1. The van der Waals surface area contributed by atoms with Crippen molar-refractivity contribution in [3.05, 3.63) is 62.5 Å². The van der Waals surface area contributed by atoms with Gasteiger partial charge in [-0.25, -0.2) is 4.98 Å². The summed E-state index contributed by atoms with van der Waals surface area (Å²) in [7, 11) is 0. The average Bonchev–Trinajstić information content (AvgIpc) is 3.40. The van der Waals surface area contributed by atoms with Crippen molar-refractivity contribution in [1.29, 1.82) is 0 Å². The van der Waals surface area contributed by atoms with Crippen molar-refractivity contribution in [2.75, 3.05) is 13.1 Å². The minimum Gasteiger partial charge on any atom is -0.337 e. The molecular formula is C19H20N4OS2. The Morgan fingerprint density at radius 3 is 2.81 bits per heavy atom. The highest BCUT2D eigenvalue weighted by Crippen LogP contribution is 2.36. The largest absolute Gasteiger partial charge is 0.337 e. The molecule has 0 bridgehead atoms. The molecule has 7 heteroatoms. The molecule has 0 saturated carbocycles. The van der Waals surface area contributed by atoms with Crippen molar-refractivity contribution in [1.82, 2.24) is 19.4 Å². The van der Waals surface area contributed by atoms with E-state index in [-0.39, 0.29) is 11.9 Å². The minimum absolute atomic E-state index is 0.153. The monoisotopic (exact) mass is 384 g/mol. The van der Waals surface area contributed by atoms with Gasteiger partial charge in [-0.05, 0) is 30.5 Å². The second-order valence-corrected chi connectivity index (χ2v) is 8.97. The molecule has 1 amide bonds. The molecule has 3 aromatic rings. The third kappa shape index (κ3) is 2.62. The Kier molecular flexibility index (Phi) is 3.95. The fourth-order valence-corrected chi connectivity index (χ4v) is 5.68. The number of nitrogens with zero attached hydrogens (tertiary/aromatic N) is 4. The van der Waals surface area contributed by atoms with E-state index in [0.717, 1.165) is 31.0 Å². The summed E-state index contributed by atoms with van der Waals surface area (Å²) in [4.78, 5) is 24.6. The topological polar surface area (TPSA) is 41.4 Å². The molecule has 2 aliphatic rings. The van der Waals surface area contributed by atoms with Crippen molar-refractivity contribution in [2.24, 2.45) is 0 Å². The number of hydrogen-bond donors (Lipinski definition) is 0. The predicted octanol–water partition coefficient (Wildman–Crippen LogP) is 3.40. The Morgan fingerprint density at radius 2 is 2.04 bits per heavy atom. The Morgan fingerprint density at radius 1 is 1.15 bits per heavy atom. The van der Waals surface area contributed by atoms with E-state index >= 15 is 0 Å². The summed E-state index contributed by atoms with van der Waals surface area (Å²) in [6.45, 7) is 5.58. The van der Waals surface area contributed by atoms with E-state index in [1.165, 1.54) is 9.75 Å². The molecule has 0 unspecified atom stereocenters. The van der Waals surface area contributed by atoms with Crippen LogP contribution in [0.25, 0.3) is 0 Å². The lowest BCUT2D eigenvalue weighted by Crippen LogP contribution is -2.49. The summed E-state index contributed by atoms with van der Waals surface area (Å²) in [5, 5.41) is 2.08. The van der Waals surface area contributed by atoms with Crippen LogP contribution in [0.1, 0.15) is 32.0 Å². The summed E-state index contributed by atoms with van der Waals surface area (Å²) < 4.78 is 2.19. The van der Waals surface area contributed by atoms with Gasteiger partial charge in [0.25, 0.3) is 5.91 Å². The maximum atomic E-state index is 13.1. The minimum atomic E-state index is 0.153. The van der Waals surface area contributed by atoms with E-state index in [0.29, 0.717) is 12.6 Å². The molecule has 2 atom stereocenters. The molecule has 5 heterocycles. The van der Waals surface area contributed by atoms with Crippen molar-refractivity contribution in [2.45, 2.75) is 32.1 Å². The zero-order valence-electron chi connectivity index (χ0n) is 14.5. The number of aromatic nitrogens is 2. The molecule has 0 aliphatic carbocycles. The first-order valence-corrected chi connectivity index (χ1v) is 10.6. The number of thiophene rings is 1. The van der Waals surface area contributed by atoms with E-state index in [4.69, 9.17) is 0 Å². The van der Waals surface area contributed by atoms with Crippen LogP contribution in [0.4, 0.5) is 0 Å². The number of thiazole rings is 1. The molecule has 0 spiro atoms. The van der Waals surface area contributed by atoms with Gasteiger partial charge < -0.3 is 9.47 Å². The first kappa shape index (κ1) is 16.2. The Balaban J connectivity index is 1.45. The first-order valence-electron chi connectivity index (χ1n) is 8.82. The maximum Gasteiger partial charge on any atom is 0.271 e. The lowest BCUT2D eigenvalue weighted by Gasteiger charge is -2.38.